The van der Waals surface area contributed by atoms with E-state index in [1.165, 1.54) is 0 Å². The molecule has 0 radical (unpaired) electrons. The molecule has 0 N–H and O–H groups in total. The third-order valence-corrected chi connectivity index (χ3v) is 6.61. The molecule has 0 saturated carbocycles. The summed E-state index contributed by atoms with van der Waals surface area (Å²) >= 11 is 0. The molecule has 0 aromatic heterocycles. The predicted molar refractivity (Wildman–Crippen MR) is 172 cm³/mol. The second-order valence-corrected chi connectivity index (χ2v) is 10.2. The molecular weight excluding hydrogens is 570 g/mol. The van der Waals surface area contributed by atoms with Crippen LogP contribution in [-0.2, 0) is 48.2 Å². The summed E-state index contributed by atoms with van der Waals surface area (Å²) in [6.07, 6.45) is 0.218. The molecule has 4 rings (SSSR count). The lowest BCUT2D eigenvalue weighted by atomic mass is 9.98. The summed E-state index contributed by atoms with van der Waals surface area (Å²) in [5.41, 5.74) is 5.40. The average Bonchev–Trinajstić information content (AvgIpc) is 3.06. The molecule has 9 heteroatoms. The third kappa shape index (κ3) is 10.5. The van der Waals surface area contributed by atoms with E-state index in [0.29, 0.717) is 33.8 Å². The molecule has 0 heterocycles. The molecule has 4 aromatic rings. The van der Waals surface area contributed by atoms with Crippen LogP contribution in [-0.4, -0.2) is 35.0 Å². The zero-order valence-electron chi connectivity index (χ0n) is 25.3. The summed E-state index contributed by atoms with van der Waals surface area (Å²) in [5.74, 6) is -1.53. The smallest absolute Gasteiger partial charge is 0.318 e. The lowest BCUT2D eigenvalue weighted by Gasteiger charge is -2.10. The Bertz CT molecular complexity index is 1500. The molecular formula is C36H33N3O6. The Balaban J connectivity index is 1.54. The lowest BCUT2D eigenvalue weighted by Crippen LogP contribution is -2.10. The van der Waals surface area contributed by atoms with Crippen LogP contribution in [0.4, 0.5) is 0 Å². The van der Waals surface area contributed by atoms with Crippen LogP contribution >= 0.6 is 0 Å². The molecule has 0 atom stereocenters. The minimum absolute atomic E-state index is 0.0726. The fourth-order valence-electron chi connectivity index (χ4n) is 4.15. The van der Waals surface area contributed by atoms with Crippen molar-refractivity contribution in [2.45, 2.75) is 40.0 Å². The maximum atomic E-state index is 12.4. The van der Waals surface area contributed by atoms with Gasteiger partial charge in [-0.25, -0.2) is 14.4 Å². The Labute approximate surface area is 261 Å². The summed E-state index contributed by atoms with van der Waals surface area (Å²) in [6, 6.07) is 33.0. The fourth-order valence-corrected chi connectivity index (χ4v) is 4.15. The van der Waals surface area contributed by atoms with E-state index in [0.717, 1.165) is 16.7 Å². The normalized spacial score (nSPS) is 11.9. The molecule has 0 amide bonds. The highest BCUT2D eigenvalue weighted by Gasteiger charge is 2.13. The van der Waals surface area contributed by atoms with Crippen molar-refractivity contribution >= 4 is 35.0 Å². The first kappa shape index (κ1) is 32.2. The molecule has 0 aliphatic heterocycles. The van der Waals surface area contributed by atoms with Crippen LogP contribution in [0.5, 0.6) is 0 Å². The molecule has 0 aliphatic carbocycles. The summed E-state index contributed by atoms with van der Waals surface area (Å²) in [5, 5.41) is 12.2. The summed E-state index contributed by atoms with van der Waals surface area (Å²) in [7, 11) is 0. The molecule has 0 bridgehead atoms. The highest BCUT2D eigenvalue weighted by atomic mass is 16.7. The van der Waals surface area contributed by atoms with E-state index in [4.69, 9.17) is 14.5 Å². The van der Waals surface area contributed by atoms with E-state index in [1.807, 2.05) is 91.0 Å². The van der Waals surface area contributed by atoms with Gasteiger partial charge in [0.1, 0.15) is 0 Å². The van der Waals surface area contributed by atoms with E-state index < -0.39 is 17.9 Å². The predicted octanol–water partition coefficient (Wildman–Crippen LogP) is 6.22. The summed E-state index contributed by atoms with van der Waals surface area (Å²) < 4.78 is 0. The zero-order chi connectivity index (χ0) is 32.0. The van der Waals surface area contributed by atoms with Crippen molar-refractivity contribution in [3.63, 3.8) is 0 Å². The van der Waals surface area contributed by atoms with Gasteiger partial charge in [-0.2, -0.15) is 0 Å². The average molecular weight is 604 g/mol. The number of rotatable bonds is 12. The van der Waals surface area contributed by atoms with Gasteiger partial charge in [0.05, 0.1) is 36.4 Å². The Morgan fingerprint density at radius 1 is 0.444 bits per heavy atom. The van der Waals surface area contributed by atoms with Crippen LogP contribution < -0.4 is 0 Å². The molecule has 0 spiro atoms. The lowest BCUT2D eigenvalue weighted by molar-refractivity contribution is -0.143. The van der Waals surface area contributed by atoms with E-state index in [1.54, 1.807) is 39.0 Å². The highest BCUT2D eigenvalue weighted by molar-refractivity contribution is 6.08. The van der Waals surface area contributed by atoms with E-state index >= 15 is 0 Å². The van der Waals surface area contributed by atoms with Crippen molar-refractivity contribution < 1.29 is 28.9 Å². The first-order valence-electron chi connectivity index (χ1n) is 14.3. The second-order valence-electron chi connectivity index (χ2n) is 10.2. The van der Waals surface area contributed by atoms with E-state index in [9.17, 15) is 14.4 Å². The number of benzene rings is 4. The number of nitrogens with zero attached hydrogens (tertiary/aromatic N) is 3. The Hall–Kier alpha value is -5.70. The summed E-state index contributed by atoms with van der Waals surface area (Å²) in [6.45, 7) is 5.08. The van der Waals surface area contributed by atoms with Crippen LogP contribution in [0.15, 0.2) is 125 Å². The van der Waals surface area contributed by atoms with Crippen LogP contribution in [0.3, 0.4) is 0 Å². The highest BCUT2D eigenvalue weighted by Crippen LogP contribution is 2.16. The number of hydrogen-bond donors (Lipinski definition) is 0. The molecule has 0 aliphatic rings. The van der Waals surface area contributed by atoms with Gasteiger partial charge in [0.15, 0.2) is 0 Å². The standard InChI is InChI=1S/C36H33N3O6/c1-25(37-43-34(40)19-28-13-7-4-8-14-28)31-22-32(26(2)38-44-35(41)20-29-15-9-5-10-16-29)24-33(23-31)27(3)39-45-36(42)21-30-17-11-6-12-18-30/h4-18,22-24H,19-21H2,1-3H3/b37-25+,38-26+,39-27+. The quantitative estimate of drug-likeness (QED) is 0.108. The monoisotopic (exact) mass is 603 g/mol. The van der Waals surface area contributed by atoms with Crippen molar-refractivity contribution in [3.05, 3.63) is 143 Å². The van der Waals surface area contributed by atoms with Crippen molar-refractivity contribution in [1.82, 2.24) is 0 Å². The summed E-state index contributed by atoms with van der Waals surface area (Å²) in [4.78, 5) is 52.7. The number of oxime groups is 3. The molecule has 9 nitrogen and oxygen atoms in total. The molecule has 45 heavy (non-hydrogen) atoms. The first-order valence-corrected chi connectivity index (χ1v) is 14.3. The minimum Gasteiger partial charge on any atom is -0.318 e. The van der Waals surface area contributed by atoms with Crippen LogP contribution in [0.1, 0.15) is 54.2 Å². The number of hydrogen-bond acceptors (Lipinski definition) is 9. The first-order chi connectivity index (χ1) is 21.8. The van der Waals surface area contributed by atoms with Crippen molar-refractivity contribution in [2.75, 3.05) is 0 Å². The third-order valence-electron chi connectivity index (χ3n) is 6.61. The molecule has 0 fully saturated rings. The van der Waals surface area contributed by atoms with Gasteiger partial charge in [-0.15, -0.1) is 0 Å². The van der Waals surface area contributed by atoms with E-state index in [2.05, 4.69) is 15.5 Å². The van der Waals surface area contributed by atoms with Gasteiger partial charge in [-0.1, -0.05) is 106 Å². The van der Waals surface area contributed by atoms with Gasteiger partial charge < -0.3 is 14.5 Å². The zero-order valence-corrected chi connectivity index (χ0v) is 25.3. The van der Waals surface area contributed by atoms with Gasteiger partial charge in [0, 0.05) is 16.7 Å². The van der Waals surface area contributed by atoms with Crippen molar-refractivity contribution in [3.8, 4) is 0 Å². The van der Waals surface area contributed by atoms with Crippen molar-refractivity contribution in [2.24, 2.45) is 15.5 Å². The molecule has 0 unspecified atom stereocenters. The van der Waals surface area contributed by atoms with Crippen LogP contribution in [0, 0.1) is 0 Å². The molecule has 228 valence electrons. The Kier molecular flexibility index (Phi) is 11.6. The van der Waals surface area contributed by atoms with Crippen LogP contribution in [0.2, 0.25) is 0 Å². The maximum Gasteiger partial charge on any atom is 0.339 e. The Morgan fingerprint density at radius 3 is 0.933 bits per heavy atom. The number of carbonyl (C=O) groups is 3. The van der Waals surface area contributed by atoms with Gasteiger partial charge in [0.25, 0.3) is 0 Å². The van der Waals surface area contributed by atoms with Crippen molar-refractivity contribution in [1.29, 1.82) is 0 Å². The Morgan fingerprint density at radius 2 is 0.689 bits per heavy atom. The molecule has 0 saturated heterocycles. The number of carbonyl (C=O) groups excluding carboxylic acids is 3. The van der Waals surface area contributed by atoms with Crippen LogP contribution in [0.25, 0.3) is 0 Å². The molecule has 4 aromatic carbocycles. The van der Waals surface area contributed by atoms with E-state index in [-0.39, 0.29) is 19.3 Å². The minimum atomic E-state index is -0.511. The van der Waals surface area contributed by atoms with Gasteiger partial charge >= 0.3 is 17.9 Å². The van der Waals surface area contributed by atoms with Gasteiger partial charge in [-0.05, 0) is 55.7 Å². The SMILES string of the molecule is C/C(=N\OC(=O)Cc1ccccc1)c1cc(/C(C)=N/OC(=O)Cc2ccccc2)cc(/C(C)=N/OC(=O)Cc2ccccc2)c1. The maximum absolute atomic E-state index is 12.4. The van der Waals surface area contributed by atoms with Gasteiger partial charge in [0.2, 0.25) is 0 Å². The van der Waals surface area contributed by atoms with Gasteiger partial charge in [-0.3, -0.25) is 0 Å². The largest absolute Gasteiger partial charge is 0.339 e. The topological polar surface area (TPSA) is 116 Å². The second kappa shape index (κ2) is 16.2. The fraction of sp³-hybridized carbons (Fsp3) is 0.167.